The first kappa shape index (κ1) is 9.24. The van der Waals surface area contributed by atoms with Gasteiger partial charge in [-0.05, 0) is 0 Å². The molecule has 0 rings (SSSR count). The van der Waals surface area contributed by atoms with E-state index in [9.17, 15) is 4.79 Å². The van der Waals surface area contributed by atoms with Crippen molar-refractivity contribution in [2.45, 2.75) is 11.8 Å². The van der Waals surface area contributed by atoms with Crippen molar-refractivity contribution < 1.29 is 9.53 Å². The maximum atomic E-state index is 10.2. The predicted octanol–water partition coefficient (Wildman–Crippen LogP) is 1.55. The Bertz CT molecular complexity index is 97.0. The molecule has 9 heavy (non-hydrogen) atoms. The third-order valence-corrected chi connectivity index (χ3v) is 1.97. The highest BCUT2D eigenvalue weighted by molar-refractivity contribution is 9.09. The van der Waals surface area contributed by atoms with E-state index in [1.165, 1.54) is 6.92 Å². The van der Waals surface area contributed by atoms with Crippen LogP contribution >= 0.6 is 27.5 Å². The van der Waals surface area contributed by atoms with Crippen LogP contribution in [0.5, 0.6) is 0 Å². The van der Waals surface area contributed by atoms with Crippen LogP contribution in [0, 0.1) is 0 Å². The largest absolute Gasteiger partial charge is 0.465 e. The van der Waals surface area contributed by atoms with E-state index in [4.69, 9.17) is 11.6 Å². The van der Waals surface area contributed by atoms with E-state index in [0.29, 0.717) is 12.5 Å². The topological polar surface area (TPSA) is 26.3 Å². The maximum absolute atomic E-state index is 10.2. The summed E-state index contributed by atoms with van der Waals surface area (Å²) in [6, 6.07) is 0. The second-order valence-electron chi connectivity index (χ2n) is 1.55. The van der Waals surface area contributed by atoms with E-state index in [2.05, 4.69) is 20.7 Å². The summed E-state index contributed by atoms with van der Waals surface area (Å²) in [6.07, 6.45) is 0. The van der Waals surface area contributed by atoms with Gasteiger partial charge < -0.3 is 4.74 Å². The summed E-state index contributed by atoms with van der Waals surface area (Å²) in [5.74, 6) is 0.178. The first-order chi connectivity index (χ1) is 4.16. The zero-order valence-corrected chi connectivity index (χ0v) is 7.41. The molecule has 0 N–H and O–H groups in total. The highest BCUT2D eigenvalue weighted by atomic mass is 79.9. The fraction of sp³-hybridized carbons (Fsp3) is 0.800. The predicted molar refractivity (Wildman–Crippen MR) is 40.1 cm³/mol. The average Bonchev–Trinajstić information content (AvgIpc) is 1.83. The SMILES string of the molecule is CC(=O)OC[C@@H](Br)CCl. The Kier molecular flexibility index (Phi) is 5.19. The van der Waals surface area contributed by atoms with Crippen LogP contribution in [-0.2, 0) is 9.53 Å². The lowest BCUT2D eigenvalue weighted by atomic mass is 10.5. The number of hydrogen-bond acceptors (Lipinski definition) is 2. The molecule has 0 amide bonds. The lowest BCUT2D eigenvalue weighted by Crippen LogP contribution is -2.12. The molecular formula is C5H8BrClO2. The van der Waals surface area contributed by atoms with Crippen molar-refractivity contribution in [3.63, 3.8) is 0 Å². The van der Waals surface area contributed by atoms with Crippen molar-refractivity contribution in [1.82, 2.24) is 0 Å². The zero-order valence-electron chi connectivity index (χ0n) is 5.06. The molecule has 54 valence electrons. The zero-order chi connectivity index (χ0) is 7.28. The summed E-state index contributed by atoms with van der Waals surface area (Å²) >= 11 is 8.59. The minimum Gasteiger partial charge on any atom is -0.465 e. The van der Waals surface area contributed by atoms with Gasteiger partial charge in [-0.3, -0.25) is 4.79 Å². The van der Waals surface area contributed by atoms with Crippen LogP contribution in [0.1, 0.15) is 6.92 Å². The molecule has 0 aromatic rings. The molecule has 4 heteroatoms. The van der Waals surface area contributed by atoms with Crippen molar-refractivity contribution >= 4 is 33.5 Å². The molecule has 0 heterocycles. The van der Waals surface area contributed by atoms with Crippen molar-refractivity contribution in [3.05, 3.63) is 0 Å². The van der Waals surface area contributed by atoms with Gasteiger partial charge in [0.1, 0.15) is 6.61 Å². The van der Waals surface area contributed by atoms with Crippen LogP contribution in [0.3, 0.4) is 0 Å². The Morgan fingerprint density at radius 3 is 2.78 bits per heavy atom. The van der Waals surface area contributed by atoms with Crippen LogP contribution < -0.4 is 0 Å². The molecule has 0 aliphatic rings. The van der Waals surface area contributed by atoms with Gasteiger partial charge in [0.25, 0.3) is 0 Å². The van der Waals surface area contributed by atoms with Crippen LogP contribution in [0.15, 0.2) is 0 Å². The molecule has 0 fully saturated rings. The van der Waals surface area contributed by atoms with Gasteiger partial charge in [-0.1, -0.05) is 15.9 Å². The Labute approximate surface area is 67.6 Å². The van der Waals surface area contributed by atoms with E-state index < -0.39 is 0 Å². The second-order valence-corrected chi connectivity index (χ2v) is 3.16. The highest BCUT2D eigenvalue weighted by Gasteiger charge is 2.02. The summed E-state index contributed by atoms with van der Waals surface area (Å²) in [5, 5.41) is 0. The number of carbonyl (C=O) groups is 1. The molecule has 0 unspecified atom stereocenters. The van der Waals surface area contributed by atoms with Crippen LogP contribution in [0.4, 0.5) is 0 Å². The molecule has 2 nitrogen and oxygen atoms in total. The van der Waals surface area contributed by atoms with Gasteiger partial charge in [-0.15, -0.1) is 11.6 Å². The van der Waals surface area contributed by atoms with Gasteiger partial charge in [-0.25, -0.2) is 0 Å². The number of rotatable bonds is 3. The average molecular weight is 215 g/mol. The maximum Gasteiger partial charge on any atom is 0.302 e. The number of halogens is 2. The lowest BCUT2D eigenvalue weighted by Gasteiger charge is -2.03. The number of alkyl halides is 2. The standard InChI is InChI=1S/C5H8BrClO2/c1-4(8)9-3-5(6)2-7/h5H,2-3H2,1H3/t5-/m0/s1. The molecular weight excluding hydrogens is 207 g/mol. The van der Waals surface area contributed by atoms with Crippen molar-refractivity contribution in [2.24, 2.45) is 0 Å². The fourth-order valence-corrected chi connectivity index (χ4v) is 0.474. The molecule has 0 aliphatic heterocycles. The third-order valence-electron chi connectivity index (χ3n) is 0.635. The number of esters is 1. The van der Waals surface area contributed by atoms with Crippen molar-refractivity contribution in [2.75, 3.05) is 12.5 Å². The highest BCUT2D eigenvalue weighted by Crippen LogP contribution is 2.01. The molecule has 0 saturated heterocycles. The van der Waals surface area contributed by atoms with Crippen LogP contribution in [0.2, 0.25) is 0 Å². The van der Waals surface area contributed by atoms with E-state index in [0.717, 1.165) is 0 Å². The monoisotopic (exact) mass is 214 g/mol. The Hall–Kier alpha value is 0.240. The molecule has 0 saturated carbocycles. The van der Waals surface area contributed by atoms with Gasteiger partial charge in [0.2, 0.25) is 0 Å². The molecule has 0 radical (unpaired) electrons. The summed E-state index contributed by atoms with van der Waals surface area (Å²) in [6.45, 7) is 1.72. The summed E-state index contributed by atoms with van der Waals surface area (Å²) in [5.41, 5.74) is 0. The first-order valence-corrected chi connectivity index (χ1v) is 3.95. The van der Waals surface area contributed by atoms with Gasteiger partial charge in [0.05, 0.1) is 4.83 Å². The lowest BCUT2D eigenvalue weighted by molar-refractivity contribution is -0.140. The van der Waals surface area contributed by atoms with E-state index >= 15 is 0 Å². The van der Waals surface area contributed by atoms with Gasteiger partial charge in [0, 0.05) is 12.8 Å². The normalized spacial score (nSPS) is 12.8. The van der Waals surface area contributed by atoms with E-state index in [1.54, 1.807) is 0 Å². The summed E-state index contributed by atoms with van der Waals surface area (Å²) < 4.78 is 4.62. The van der Waals surface area contributed by atoms with Gasteiger partial charge in [0.15, 0.2) is 0 Å². The fourth-order valence-electron chi connectivity index (χ4n) is 0.252. The quantitative estimate of drug-likeness (QED) is 0.527. The second kappa shape index (κ2) is 5.06. The summed E-state index contributed by atoms with van der Waals surface area (Å²) in [7, 11) is 0. The third kappa shape index (κ3) is 6.12. The number of hydrogen-bond donors (Lipinski definition) is 0. The molecule has 0 bridgehead atoms. The smallest absolute Gasteiger partial charge is 0.302 e. The van der Waals surface area contributed by atoms with Crippen molar-refractivity contribution in [3.8, 4) is 0 Å². The molecule has 0 aliphatic carbocycles. The summed E-state index contributed by atoms with van der Waals surface area (Å²) in [4.78, 5) is 10.3. The van der Waals surface area contributed by atoms with Gasteiger partial charge in [-0.2, -0.15) is 0 Å². The Morgan fingerprint density at radius 2 is 2.44 bits per heavy atom. The minimum absolute atomic E-state index is 0.0723. The Morgan fingerprint density at radius 1 is 1.89 bits per heavy atom. The molecule has 0 aromatic carbocycles. The van der Waals surface area contributed by atoms with Crippen LogP contribution in [0.25, 0.3) is 0 Å². The molecule has 1 atom stereocenters. The van der Waals surface area contributed by atoms with Crippen LogP contribution in [-0.4, -0.2) is 23.3 Å². The van der Waals surface area contributed by atoms with Gasteiger partial charge >= 0.3 is 5.97 Å². The van der Waals surface area contributed by atoms with Crippen molar-refractivity contribution in [1.29, 1.82) is 0 Å². The number of ether oxygens (including phenoxy) is 1. The molecule has 0 aromatic heterocycles. The Balaban J connectivity index is 3.16. The minimum atomic E-state index is -0.274. The first-order valence-electron chi connectivity index (χ1n) is 2.50. The van der Waals surface area contributed by atoms with E-state index in [-0.39, 0.29) is 10.8 Å². The molecule has 0 spiro atoms. The van der Waals surface area contributed by atoms with E-state index in [1.807, 2.05) is 0 Å². The number of carbonyl (C=O) groups excluding carboxylic acids is 1.